The van der Waals surface area contributed by atoms with Crippen LogP contribution in [-0.4, -0.2) is 35.1 Å². The van der Waals surface area contributed by atoms with Gasteiger partial charge in [-0.2, -0.15) is 0 Å². The van der Waals surface area contributed by atoms with Crippen LogP contribution in [0.3, 0.4) is 0 Å². The molecule has 2 rings (SSSR count). The quantitative estimate of drug-likeness (QED) is 0.319. The number of nitrogens with zero attached hydrogens (tertiary/aromatic N) is 2. The Morgan fingerprint density at radius 1 is 0.700 bits per heavy atom. The van der Waals surface area contributed by atoms with E-state index in [9.17, 15) is 0 Å². The molecule has 0 radical (unpaired) electrons. The van der Waals surface area contributed by atoms with E-state index in [0.29, 0.717) is 18.3 Å². The molecule has 0 bridgehead atoms. The summed E-state index contributed by atoms with van der Waals surface area (Å²) in [7, 11) is 0. The molecule has 0 aromatic carbocycles. The Morgan fingerprint density at radius 3 is 1.23 bits per heavy atom. The van der Waals surface area contributed by atoms with Crippen LogP contribution in [0, 0.1) is 11.8 Å². The van der Waals surface area contributed by atoms with E-state index in [1.165, 1.54) is 0 Å². The Balaban J connectivity index is 0. The fraction of sp³-hybridized carbons (Fsp3) is 0.913. The molecule has 0 aromatic heterocycles. The van der Waals surface area contributed by atoms with Gasteiger partial charge in [0.25, 0.3) is 0 Å². The van der Waals surface area contributed by atoms with Gasteiger partial charge in [-0.15, -0.1) is 0 Å². The van der Waals surface area contributed by atoms with Crippen LogP contribution in [0.15, 0.2) is 9.98 Å². The number of halogens is 2. The summed E-state index contributed by atoms with van der Waals surface area (Å²) in [5.74, 6) is 2.88. The molecule has 2 atom stereocenters. The average Bonchev–Trinajstić information content (AvgIpc) is 3.12. The molecule has 0 unspecified atom stereocenters. The van der Waals surface area contributed by atoms with E-state index in [-0.39, 0.29) is 77.7 Å². The third-order valence-corrected chi connectivity index (χ3v) is 6.54. The van der Waals surface area contributed by atoms with E-state index in [1.54, 1.807) is 0 Å². The molecule has 180 valence electrons. The molecule has 0 fully saturated rings. The van der Waals surface area contributed by atoms with Crippen molar-refractivity contribution in [3.8, 4) is 0 Å². The van der Waals surface area contributed by atoms with Crippen LogP contribution in [0.2, 0.25) is 0 Å². The minimum atomic E-state index is -0.150. The Morgan fingerprint density at radius 2 is 1.00 bits per heavy atom. The van der Waals surface area contributed by atoms with Crippen molar-refractivity contribution in [2.75, 3.05) is 0 Å². The molecule has 0 amide bonds. The van der Waals surface area contributed by atoms with Crippen molar-refractivity contribution in [3.05, 3.63) is 0 Å². The molecule has 2 aliphatic heterocycles. The van der Waals surface area contributed by atoms with Gasteiger partial charge in [-0.25, -0.2) is 9.98 Å². The minimum absolute atomic E-state index is 0. The van der Waals surface area contributed by atoms with Gasteiger partial charge in [-0.1, -0.05) is 55.4 Å². The van der Waals surface area contributed by atoms with Gasteiger partial charge in [0.1, 0.15) is 11.2 Å². The summed E-state index contributed by atoms with van der Waals surface area (Å²) in [5, 5.41) is 0. The summed E-state index contributed by atoms with van der Waals surface area (Å²) >= 11 is 0. The van der Waals surface area contributed by atoms with Gasteiger partial charge < -0.3 is 43.4 Å². The first-order valence-electron chi connectivity index (χ1n) is 11.2. The third kappa shape index (κ3) is 7.29. The van der Waals surface area contributed by atoms with Crippen molar-refractivity contribution >= 4 is 11.8 Å². The van der Waals surface area contributed by atoms with Crippen molar-refractivity contribution in [2.45, 2.75) is 124 Å². The fourth-order valence-corrected chi connectivity index (χ4v) is 4.69. The SMILES string of the molecule is CCC1(CC)OC(CC2=N[C@H](CC(C)C)C(CC)(CC)O2)=N[C@@H]1CC(C)C.[Br-].[Br-].[Pd+2]. The largest absolute Gasteiger partial charge is 2.00 e. The fourth-order valence-electron chi connectivity index (χ4n) is 4.69. The smallest absolute Gasteiger partial charge is 1.00 e. The van der Waals surface area contributed by atoms with Crippen LogP contribution in [0.5, 0.6) is 0 Å². The molecule has 0 spiro atoms. The molecule has 0 aromatic rings. The van der Waals surface area contributed by atoms with Crippen molar-refractivity contribution in [3.63, 3.8) is 0 Å². The molecule has 7 heteroatoms. The van der Waals surface area contributed by atoms with Gasteiger partial charge in [0.05, 0.1) is 18.5 Å². The maximum absolute atomic E-state index is 6.46. The summed E-state index contributed by atoms with van der Waals surface area (Å²) < 4.78 is 12.9. The van der Waals surface area contributed by atoms with Crippen LogP contribution in [0.4, 0.5) is 0 Å². The summed E-state index contributed by atoms with van der Waals surface area (Å²) in [6, 6.07) is 0.496. The second-order valence-corrected chi connectivity index (χ2v) is 9.26. The maximum Gasteiger partial charge on any atom is 2.00 e. The molecule has 4 nitrogen and oxygen atoms in total. The predicted molar refractivity (Wildman–Crippen MR) is 115 cm³/mol. The van der Waals surface area contributed by atoms with E-state index in [1.807, 2.05) is 0 Å². The molecule has 0 N–H and O–H groups in total. The molecule has 30 heavy (non-hydrogen) atoms. The molecular formula is C23H42Br2N2O2Pd. The van der Waals surface area contributed by atoms with E-state index in [4.69, 9.17) is 19.5 Å². The normalized spacial score (nSPS) is 23.5. The van der Waals surface area contributed by atoms with Crippen molar-refractivity contribution in [1.29, 1.82) is 0 Å². The number of hydrogen-bond acceptors (Lipinski definition) is 4. The maximum atomic E-state index is 6.46. The first kappa shape index (κ1) is 32.7. The van der Waals surface area contributed by atoms with E-state index in [0.717, 1.165) is 50.3 Å². The van der Waals surface area contributed by atoms with Crippen LogP contribution >= 0.6 is 0 Å². The molecule has 2 aliphatic rings. The molecule has 2 heterocycles. The van der Waals surface area contributed by atoms with Crippen LogP contribution in [0.1, 0.15) is 100 Å². The Bertz CT molecular complexity index is 511. The summed E-state index contributed by atoms with van der Waals surface area (Å²) in [4.78, 5) is 10.0. The van der Waals surface area contributed by atoms with Crippen molar-refractivity contribution < 1.29 is 63.9 Å². The van der Waals surface area contributed by atoms with Gasteiger partial charge in [-0.05, 0) is 50.4 Å². The van der Waals surface area contributed by atoms with Gasteiger partial charge in [0, 0.05) is 0 Å². The van der Waals surface area contributed by atoms with E-state index < -0.39 is 0 Å². The summed E-state index contributed by atoms with van der Waals surface area (Å²) in [6.45, 7) is 17.9. The molecule has 0 aliphatic carbocycles. The van der Waals surface area contributed by atoms with Gasteiger partial charge in [0.15, 0.2) is 11.8 Å². The summed E-state index contributed by atoms with van der Waals surface area (Å²) in [6.07, 6.45) is 6.71. The number of ether oxygens (including phenoxy) is 2. The predicted octanol–water partition coefficient (Wildman–Crippen LogP) is 0.186. The second kappa shape index (κ2) is 14.0. The van der Waals surface area contributed by atoms with Crippen LogP contribution in [0.25, 0.3) is 0 Å². The number of hydrogen-bond donors (Lipinski definition) is 0. The number of aliphatic imine (C=N–C) groups is 2. The van der Waals surface area contributed by atoms with Gasteiger partial charge in [-0.3, -0.25) is 0 Å². The van der Waals surface area contributed by atoms with Gasteiger partial charge >= 0.3 is 20.4 Å². The zero-order valence-electron chi connectivity index (χ0n) is 20.0. The van der Waals surface area contributed by atoms with Crippen LogP contribution in [-0.2, 0) is 29.9 Å². The van der Waals surface area contributed by atoms with Gasteiger partial charge in [0.2, 0.25) is 0 Å². The monoisotopic (exact) mass is 642 g/mol. The second-order valence-electron chi connectivity index (χ2n) is 9.26. The molecule has 0 saturated heterocycles. The molecule has 0 saturated carbocycles. The van der Waals surface area contributed by atoms with E-state index in [2.05, 4.69) is 55.4 Å². The first-order valence-corrected chi connectivity index (χ1v) is 11.2. The Kier molecular flexibility index (Phi) is 15.2. The van der Waals surface area contributed by atoms with Crippen molar-refractivity contribution in [1.82, 2.24) is 0 Å². The average molecular weight is 645 g/mol. The first-order chi connectivity index (χ1) is 12.7. The molecular weight excluding hydrogens is 602 g/mol. The topological polar surface area (TPSA) is 43.2 Å². The van der Waals surface area contributed by atoms with Crippen molar-refractivity contribution in [2.24, 2.45) is 21.8 Å². The third-order valence-electron chi connectivity index (χ3n) is 6.54. The Hall–Kier alpha value is 0.562. The standard InChI is InChI=1S/C23H42N2O2.2BrH.Pd/c1-9-22(10-2)18(13-16(5)6)24-20(26-22)15-21-25-19(14-17(7)8)23(11-3,12-4)27-21;;;/h16-19H,9-15H2,1-8H3;2*1H;/q;;;+2/p-2/t18-,19-;;;/m1.../s1. The Labute approximate surface area is 220 Å². The van der Waals surface area contributed by atoms with Crippen LogP contribution < -0.4 is 34.0 Å². The van der Waals surface area contributed by atoms with E-state index >= 15 is 0 Å². The minimum Gasteiger partial charge on any atom is -1.00 e. The summed E-state index contributed by atoms with van der Waals surface area (Å²) in [5.41, 5.74) is -0.300. The zero-order valence-corrected chi connectivity index (χ0v) is 24.8. The zero-order chi connectivity index (χ0) is 20.2. The number of rotatable bonds is 10.